The second-order valence-corrected chi connectivity index (χ2v) is 6.72. The van der Waals surface area contributed by atoms with Gasteiger partial charge in [0.15, 0.2) is 0 Å². The number of hydrogen-bond donors (Lipinski definition) is 2. The number of allylic oxidation sites excluding steroid dienone is 2. The molecule has 0 aliphatic rings. The summed E-state index contributed by atoms with van der Waals surface area (Å²) in [6.07, 6.45) is 8.37. The number of rotatable bonds is 11. The number of carbonyl (C=O) groups is 1. The van der Waals surface area contributed by atoms with Crippen molar-refractivity contribution in [1.82, 2.24) is 0 Å². The van der Waals surface area contributed by atoms with Gasteiger partial charge in [-0.25, -0.2) is 8.98 Å². The van der Waals surface area contributed by atoms with Crippen molar-refractivity contribution < 1.29 is 31.8 Å². The molecule has 2 N–H and O–H groups in total. The molecule has 0 aromatic heterocycles. The smallest absolute Gasteiger partial charge is 0.397 e. The van der Waals surface area contributed by atoms with Gasteiger partial charge in [-0.3, -0.25) is 4.55 Å². The number of benzene rings is 1. The molecule has 0 amide bonds. The zero-order chi connectivity index (χ0) is 20.3. The van der Waals surface area contributed by atoms with Gasteiger partial charge in [0.2, 0.25) is 0 Å². The summed E-state index contributed by atoms with van der Waals surface area (Å²) < 4.78 is 41.1. The third-order valence-electron chi connectivity index (χ3n) is 3.54. The summed E-state index contributed by atoms with van der Waals surface area (Å²) in [5.74, 6) is -1.17. The molecule has 150 valence electrons. The van der Waals surface area contributed by atoms with Gasteiger partial charge in [-0.1, -0.05) is 50.3 Å². The van der Waals surface area contributed by atoms with Gasteiger partial charge in [-0.15, -0.1) is 0 Å². The maximum Gasteiger partial charge on any atom is 0.397 e. The second-order valence-electron chi connectivity index (χ2n) is 5.68. The molecule has 1 unspecified atom stereocenters. The zero-order valence-corrected chi connectivity index (χ0v) is 16.3. The number of ether oxygens (including phenoxy) is 1. The largest absolute Gasteiger partial charge is 0.507 e. The van der Waals surface area contributed by atoms with Gasteiger partial charge in [0, 0.05) is 5.56 Å². The summed E-state index contributed by atoms with van der Waals surface area (Å²) >= 11 is 0. The van der Waals surface area contributed by atoms with Gasteiger partial charge in [-0.05, 0) is 31.7 Å². The molecule has 0 saturated heterocycles. The van der Waals surface area contributed by atoms with Crippen LogP contribution in [0.3, 0.4) is 0 Å². The molecule has 0 fully saturated rings. The average molecular weight is 398 g/mol. The number of hydrogen-bond acceptors (Lipinski definition) is 6. The Bertz CT molecular complexity index is 766. The highest BCUT2D eigenvalue weighted by Gasteiger charge is 2.24. The maximum atomic E-state index is 12.2. The van der Waals surface area contributed by atoms with Crippen molar-refractivity contribution in [2.45, 2.75) is 45.6 Å². The first-order valence-corrected chi connectivity index (χ1v) is 10.1. The number of phenolic OH excluding ortho intramolecular Hbond substituents is 1. The van der Waals surface area contributed by atoms with Crippen LogP contribution in [-0.2, 0) is 19.3 Å². The normalized spacial score (nSPS) is 13.3. The molecule has 0 bridgehead atoms. The van der Waals surface area contributed by atoms with E-state index < -0.39 is 28.2 Å². The molecule has 1 rings (SSSR count). The summed E-state index contributed by atoms with van der Waals surface area (Å²) in [6.45, 7) is 4.05. The Labute approximate surface area is 160 Å². The van der Waals surface area contributed by atoms with Crippen LogP contribution in [0, 0.1) is 0 Å². The third-order valence-corrected chi connectivity index (χ3v) is 4.02. The molecule has 0 aliphatic carbocycles. The number of carbonyl (C=O) groups excluding carboxylic acids is 1. The van der Waals surface area contributed by atoms with Crippen molar-refractivity contribution in [3.63, 3.8) is 0 Å². The van der Waals surface area contributed by atoms with Gasteiger partial charge >= 0.3 is 16.4 Å². The predicted octanol–water partition coefficient (Wildman–Crippen LogP) is 4.12. The van der Waals surface area contributed by atoms with E-state index >= 15 is 0 Å². The van der Waals surface area contributed by atoms with E-state index in [0.29, 0.717) is 6.42 Å². The molecule has 0 aliphatic heterocycles. The maximum absolute atomic E-state index is 12.2. The van der Waals surface area contributed by atoms with Crippen molar-refractivity contribution in [2.24, 2.45) is 0 Å². The van der Waals surface area contributed by atoms with Crippen LogP contribution in [0.1, 0.15) is 61.6 Å². The van der Waals surface area contributed by atoms with E-state index in [0.717, 1.165) is 12.8 Å². The van der Waals surface area contributed by atoms with Crippen LogP contribution in [0.4, 0.5) is 0 Å². The molecule has 8 heteroatoms. The van der Waals surface area contributed by atoms with Gasteiger partial charge in [0.25, 0.3) is 0 Å². The van der Waals surface area contributed by atoms with Crippen LogP contribution in [0.5, 0.6) is 5.75 Å². The fourth-order valence-electron chi connectivity index (χ4n) is 2.32. The van der Waals surface area contributed by atoms with Crippen molar-refractivity contribution in [3.8, 4) is 5.75 Å². The monoisotopic (exact) mass is 398 g/mol. The summed E-state index contributed by atoms with van der Waals surface area (Å²) in [5.41, 5.74) is -0.0379. The SMILES string of the molecule is CC/C=C\CCOC(=O)c1cccc(C(C/C=C\CC)OS(=O)(=O)O)c1O. The molecular weight excluding hydrogens is 372 g/mol. The van der Waals surface area contributed by atoms with Gasteiger partial charge in [0.1, 0.15) is 17.4 Å². The number of esters is 1. The van der Waals surface area contributed by atoms with Crippen molar-refractivity contribution in [3.05, 3.63) is 53.6 Å². The first kappa shape index (κ1) is 22.9. The lowest BCUT2D eigenvalue weighted by Crippen LogP contribution is -2.13. The zero-order valence-electron chi connectivity index (χ0n) is 15.5. The van der Waals surface area contributed by atoms with Crippen molar-refractivity contribution >= 4 is 16.4 Å². The second kappa shape index (κ2) is 11.5. The molecule has 1 aromatic carbocycles. The van der Waals surface area contributed by atoms with E-state index in [-0.39, 0.29) is 24.2 Å². The van der Waals surface area contributed by atoms with Crippen LogP contribution < -0.4 is 0 Å². The van der Waals surface area contributed by atoms with E-state index in [1.807, 2.05) is 26.0 Å². The Morgan fingerprint density at radius 1 is 1.15 bits per heavy atom. The molecule has 0 radical (unpaired) electrons. The van der Waals surface area contributed by atoms with E-state index in [4.69, 9.17) is 9.29 Å². The van der Waals surface area contributed by atoms with Crippen LogP contribution in [-0.4, -0.2) is 30.7 Å². The van der Waals surface area contributed by atoms with Gasteiger partial charge < -0.3 is 9.84 Å². The van der Waals surface area contributed by atoms with Crippen molar-refractivity contribution in [2.75, 3.05) is 6.61 Å². The minimum absolute atomic E-state index is 0.0636. The predicted molar refractivity (Wildman–Crippen MR) is 102 cm³/mol. The molecular formula is C19H26O7S. The lowest BCUT2D eigenvalue weighted by atomic mass is 10.0. The first-order chi connectivity index (χ1) is 12.8. The summed E-state index contributed by atoms with van der Waals surface area (Å²) in [7, 11) is -4.75. The first-order valence-electron chi connectivity index (χ1n) is 8.74. The van der Waals surface area contributed by atoms with Gasteiger partial charge in [-0.2, -0.15) is 8.42 Å². The Morgan fingerprint density at radius 3 is 2.44 bits per heavy atom. The standard InChI is InChI=1S/C19H26O7S/c1-3-5-7-9-14-25-19(21)16-12-10-11-15(18(16)20)17(13-8-6-4-2)26-27(22,23)24/h5-8,10-12,17,20H,3-4,9,13-14H2,1-2H3,(H,22,23,24)/b7-5-,8-6-. The minimum atomic E-state index is -4.75. The summed E-state index contributed by atoms with van der Waals surface area (Å²) in [6, 6.07) is 4.27. The molecule has 27 heavy (non-hydrogen) atoms. The Balaban J connectivity index is 3.01. The van der Waals surface area contributed by atoms with Crippen LogP contribution >= 0.6 is 0 Å². The minimum Gasteiger partial charge on any atom is -0.507 e. The van der Waals surface area contributed by atoms with Crippen LogP contribution in [0.25, 0.3) is 0 Å². The quantitative estimate of drug-likeness (QED) is 0.250. The number of para-hydroxylation sites is 1. The van der Waals surface area contributed by atoms with Crippen molar-refractivity contribution in [1.29, 1.82) is 0 Å². The Kier molecular flexibility index (Phi) is 9.77. The average Bonchev–Trinajstić information content (AvgIpc) is 2.60. The third kappa shape index (κ3) is 8.38. The van der Waals surface area contributed by atoms with Crippen LogP contribution in [0.2, 0.25) is 0 Å². The highest BCUT2D eigenvalue weighted by atomic mass is 32.3. The van der Waals surface area contributed by atoms with E-state index in [9.17, 15) is 18.3 Å². The van der Waals surface area contributed by atoms with E-state index in [1.54, 1.807) is 12.2 Å². The highest BCUT2D eigenvalue weighted by molar-refractivity contribution is 7.80. The topological polar surface area (TPSA) is 110 Å². The number of aromatic hydroxyl groups is 1. The fourth-order valence-corrected chi connectivity index (χ4v) is 2.80. The summed E-state index contributed by atoms with van der Waals surface area (Å²) in [5, 5.41) is 10.4. The highest BCUT2D eigenvalue weighted by Crippen LogP contribution is 2.33. The van der Waals surface area contributed by atoms with Crippen LogP contribution in [0.15, 0.2) is 42.5 Å². The fraction of sp³-hybridized carbons (Fsp3) is 0.421. The lowest BCUT2D eigenvalue weighted by molar-refractivity contribution is 0.0508. The Hall–Kier alpha value is -2.16. The molecule has 1 atom stereocenters. The number of phenols is 1. The molecule has 1 aromatic rings. The molecule has 7 nitrogen and oxygen atoms in total. The lowest BCUT2D eigenvalue weighted by Gasteiger charge is -2.17. The van der Waals surface area contributed by atoms with E-state index in [1.165, 1.54) is 18.2 Å². The Morgan fingerprint density at radius 2 is 1.81 bits per heavy atom. The van der Waals surface area contributed by atoms with E-state index in [2.05, 4.69) is 4.18 Å². The molecule has 0 heterocycles. The summed E-state index contributed by atoms with van der Waals surface area (Å²) in [4.78, 5) is 12.2. The van der Waals surface area contributed by atoms with Gasteiger partial charge in [0.05, 0.1) is 6.61 Å². The molecule has 0 saturated carbocycles. The molecule has 0 spiro atoms.